The molecule has 0 saturated carbocycles. The number of ether oxygens (including phenoxy) is 3. The van der Waals surface area contributed by atoms with E-state index in [1.54, 1.807) is 0 Å². The minimum absolute atomic E-state index is 0.152. The van der Waals surface area contributed by atoms with Crippen LogP contribution in [0.15, 0.2) is 91.0 Å². The molecule has 0 heterocycles. The van der Waals surface area contributed by atoms with Crippen molar-refractivity contribution in [2.45, 2.75) is 128 Å². The standard InChI is InChI=1S/C43H62O5/c1-2-3-4-5-6-7-8-9-10-11-12-13-14-25-34-46-36-41(47-35-26-24-33-42(44)45)37-48-43(38-27-18-15-19-28-38,39-29-20-16-21-30-39)40-31-22-17-23-32-40/h15-23,27-32,41H,2-14,24-26,33-37H2,1H3,(H,44,45)/t41-/m1/s1. The van der Waals surface area contributed by atoms with E-state index >= 15 is 0 Å². The van der Waals surface area contributed by atoms with Crippen LogP contribution in [-0.4, -0.2) is 43.6 Å². The van der Waals surface area contributed by atoms with Crippen LogP contribution in [0.4, 0.5) is 0 Å². The van der Waals surface area contributed by atoms with Crippen molar-refractivity contribution in [1.82, 2.24) is 0 Å². The molecule has 1 atom stereocenters. The zero-order valence-corrected chi connectivity index (χ0v) is 29.7. The van der Waals surface area contributed by atoms with Gasteiger partial charge in [0.25, 0.3) is 0 Å². The van der Waals surface area contributed by atoms with Crippen LogP contribution in [-0.2, 0) is 24.6 Å². The van der Waals surface area contributed by atoms with Crippen LogP contribution in [0.2, 0.25) is 0 Å². The molecule has 0 unspecified atom stereocenters. The highest BCUT2D eigenvalue weighted by Crippen LogP contribution is 2.40. The summed E-state index contributed by atoms with van der Waals surface area (Å²) in [4.78, 5) is 11.0. The molecule has 0 saturated heterocycles. The second-order valence-electron chi connectivity index (χ2n) is 13.1. The van der Waals surface area contributed by atoms with Crippen LogP contribution in [0.1, 0.15) is 133 Å². The number of benzene rings is 3. The zero-order chi connectivity index (χ0) is 34.0. The smallest absolute Gasteiger partial charge is 0.303 e. The minimum atomic E-state index is -0.830. The van der Waals surface area contributed by atoms with Crippen molar-refractivity contribution in [3.05, 3.63) is 108 Å². The molecular weight excluding hydrogens is 596 g/mol. The molecule has 0 fully saturated rings. The Balaban J connectivity index is 1.51. The van der Waals surface area contributed by atoms with E-state index in [0.717, 1.165) is 23.1 Å². The Morgan fingerprint density at radius 2 is 0.979 bits per heavy atom. The van der Waals surface area contributed by atoms with Crippen molar-refractivity contribution in [3.63, 3.8) is 0 Å². The van der Waals surface area contributed by atoms with E-state index in [-0.39, 0.29) is 12.5 Å². The Bertz CT molecular complexity index is 1090. The first-order valence-corrected chi connectivity index (χ1v) is 18.9. The summed E-state index contributed by atoms with van der Waals surface area (Å²) in [6.45, 7) is 4.22. The lowest BCUT2D eigenvalue weighted by molar-refractivity contribution is -0.137. The summed E-state index contributed by atoms with van der Waals surface area (Å²) in [5, 5.41) is 9.05. The topological polar surface area (TPSA) is 65.0 Å². The van der Waals surface area contributed by atoms with Crippen LogP contribution in [0.25, 0.3) is 0 Å². The normalized spacial score (nSPS) is 12.3. The summed E-state index contributed by atoms with van der Waals surface area (Å²) < 4.78 is 19.5. The maximum atomic E-state index is 11.0. The van der Waals surface area contributed by atoms with Gasteiger partial charge in [-0.3, -0.25) is 4.79 Å². The Kier molecular flexibility index (Phi) is 20.6. The molecule has 1 N–H and O–H groups in total. The minimum Gasteiger partial charge on any atom is -0.481 e. The van der Waals surface area contributed by atoms with Crippen LogP contribution in [0, 0.1) is 0 Å². The number of hydrogen-bond acceptors (Lipinski definition) is 4. The van der Waals surface area contributed by atoms with Crippen molar-refractivity contribution in [2.24, 2.45) is 0 Å². The Hall–Kier alpha value is -2.99. The van der Waals surface area contributed by atoms with Gasteiger partial charge in [0.15, 0.2) is 0 Å². The predicted octanol–water partition coefficient (Wildman–Crippen LogP) is 11.1. The van der Waals surface area contributed by atoms with Crippen molar-refractivity contribution in [3.8, 4) is 0 Å². The number of rotatable bonds is 29. The van der Waals surface area contributed by atoms with E-state index in [4.69, 9.17) is 19.3 Å². The van der Waals surface area contributed by atoms with Crippen molar-refractivity contribution in [2.75, 3.05) is 26.4 Å². The summed E-state index contributed by atoms with van der Waals surface area (Å²) in [7, 11) is 0. The molecule has 3 aromatic rings. The first-order valence-electron chi connectivity index (χ1n) is 18.9. The lowest BCUT2D eigenvalue weighted by atomic mass is 9.80. The van der Waals surface area contributed by atoms with E-state index in [1.807, 2.05) is 18.2 Å². The van der Waals surface area contributed by atoms with Gasteiger partial charge in [0.2, 0.25) is 0 Å². The average molecular weight is 659 g/mol. The summed E-state index contributed by atoms with van der Waals surface area (Å²) in [6, 6.07) is 31.1. The molecule has 0 bridgehead atoms. The van der Waals surface area contributed by atoms with Gasteiger partial charge in [0.1, 0.15) is 11.7 Å². The lowest BCUT2D eigenvalue weighted by Gasteiger charge is -2.37. The zero-order valence-electron chi connectivity index (χ0n) is 29.7. The van der Waals surface area contributed by atoms with Gasteiger partial charge in [-0.1, -0.05) is 181 Å². The quantitative estimate of drug-likeness (QED) is 0.0594. The molecule has 3 aromatic carbocycles. The van der Waals surface area contributed by atoms with Crippen LogP contribution in [0.3, 0.4) is 0 Å². The molecule has 0 radical (unpaired) electrons. The average Bonchev–Trinajstić information content (AvgIpc) is 3.12. The third-order valence-corrected chi connectivity index (χ3v) is 9.11. The fraction of sp³-hybridized carbons (Fsp3) is 0.558. The van der Waals surface area contributed by atoms with Crippen LogP contribution >= 0.6 is 0 Å². The van der Waals surface area contributed by atoms with Crippen LogP contribution < -0.4 is 0 Å². The molecule has 5 nitrogen and oxygen atoms in total. The molecule has 0 aliphatic heterocycles. The third-order valence-electron chi connectivity index (χ3n) is 9.11. The number of hydrogen-bond donors (Lipinski definition) is 1. The van der Waals surface area contributed by atoms with Gasteiger partial charge in [0.05, 0.1) is 13.2 Å². The lowest BCUT2D eigenvalue weighted by Crippen LogP contribution is -2.37. The number of carboxylic acids is 1. The SMILES string of the molecule is CCCCCCCCCCCCCCCCOC[C@H](COC(c1ccccc1)(c1ccccc1)c1ccccc1)OCCCCC(=O)O. The van der Waals surface area contributed by atoms with E-state index < -0.39 is 11.6 Å². The van der Waals surface area contributed by atoms with E-state index in [9.17, 15) is 4.79 Å². The molecule has 3 rings (SSSR count). The molecule has 0 spiro atoms. The van der Waals surface area contributed by atoms with E-state index in [1.165, 1.54) is 83.5 Å². The summed E-state index contributed by atoms with van der Waals surface area (Å²) in [5.74, 6) is -0.773. The Morgan fingerprint density at radius 3 is 1.42 bits per heavy atom. The van der Waals surface area contributed by atoms with E-state index in [0.29, 0.717) is 39.3 Å². The Labute approximate surface area is 291 Å². The van der Waals surface area contributed by atoms with Gasteiger partial charge in [-0.15, -0.1) is 0 Å². The highest BCUT2D eigenvalue weighted by molar-refractivity contribution is 5.66. The number of carbonyl (C=O) groups is 1. The third kappa shape index (κ3) is 15.1. The second-order valence-corrected chi connectivity index (χ2v) is 13.1. The Morgan fingerprint density at radius 1 is 0.562 bits per heavy atom. The molecule has 264 valence electrons. The molecule has 0 aliphatic rings. The van der Waals surface area contributed by atoms with Crippen molar-refractivity contribution < 1.29 is 24.1 Å². The fourth-order valence-corrected chi connectivity index (χ4v) is 6.37. The highest BCUT2D eigenvalue weighted by Gasteiger charge is 2.38. The first kappa shape index (κ1) is 39.4. The number of unbranched alkanes of at least 4 members (excludes halogenated alkanes) is 14. The predicted molar refractivity (Wildman–Crippen MR) is 198 cm³/mol. The monoisotopic (exact) mass is 658 g/mol. The van der Waals surface area contributed by atoms with Gasteiger partial charge in [0, 0.05) is 19.6 Å². The number of carboxylic acid groups (broad SMARTS) is 1. The van der Waals surface area contributed by atoms with E-state index in [2.05, 4.69) is 79.7 Å². The van der Waals surface area contributed by atoms with Gasteiger partial charge < -0.3 is 19.3 Å². The fourth-order valence-electron chi connectivity index (χ4n) is 6.37. The first-order chi connectivity index (χ1) is 23.7. The van der Waals surface area contributed by atoms with Gasteiger partial charge >= 0.3 is 5.97 Å². The molecule has 0 aromatic heterocycles. The van der Waals surface area contributed by atoms with Gasteiger partial charge in [-0.05, 0) is 36.0 Å². The highest BCUT2D eigenvalue weighted by atomic mass is 16.6. The van der Waals surface area contributed by atoms with Crippen LogP contribution in [0.5, 0.6) is 0 Å². The summed E-state index contributed by atoms with van der Waals surface area (Å²) in [5.41, 5.74) is 2.31. The summed E-state index contributed by atoms with van der Waals surface area (Å²) in [6.07, 6.45) is 19.8. The molecule has 0 aliphatic carbocycles. The molecule has 0 amide bonds. The maximum Gasteiger partial charge on any atom is 0.303 e. The largest absolute Gasteiger partial charge is 0.481 e. The molecular formula is C43H62O5. The maximum absolute atomic E-state index is 11.0. The molecule has 5 heteroatoms. The number of aliphatic carboxylic acids is 1. The second kappa shape index (κ2) is 25.0. The van der Waals surface area contributed by atoms with Crippen molar-refractivity contribution in [1.29, 1.82) is 0 Å². The molecule has 48 heavy (non-hydrogen) atoms. The van der Waals surface area contributed by atoms with Gasteiger partial charge in [-0.2, -0.15) is 0 Å². The van der Waals surface area contributed by atoms with Crippen molar-refractivity contribution >= 4 is 5.97 Å². The van der Waals surface area contributed by atoms with Gasteiger partial charge in [-0.25, -0.2) is 0 Å². The summed E-state index contributed by atoms with van der Waals surface area (Å²) >= 11 is 0.